The van der Waals surface area contributed by atoms with Crippen LogP contribution in [-0.2, 0) is 14.2 Å². The van der Waals surface area contributed by atoms with Crippen LogP contribution >= 0.6 is 0 Å². The zero-order valence-electron chi connectivity index (χ0n) is 15.9. The highest BCUT2D eigenvalue weighted by Gasteiger charge is 2.14. The molecule has 6 nitrogen and oxygen atoms in total. The first-order valence-electron chi connectivity index (χ1n) is 10.2. The summed E-state index contributed by atoms with van der Waals surface area (Å²) in [5.41, 5.74) is 0. The topological polar surface area (TPSA) is 54.4 Å². The summed E-state index contributed by atoms with van der Waals surface area (Å²) < 4.78 is 16.6. The van der Waals surface area contributed by atoms with E-state index in [1.54, 1.807) is 0 Å². The van der Waals surface area contributed by atoms with Crippen LogP contribution in [0.15, 0.2) is 0 Å². The molecule has 6 heteroatoms. The fourth-order valence-corrected chi connectivity index (χ4v) is 3.53. The van der Waals surface area contributed by atoms with Gasteiger partial charge in [0.1, 0.15) is 0 Å². The van der Waals surface area contributed by atoms with Crippen LogP contribution in [0.25, 0.3) is 0 Å². The lowest BCUT2D eigenvalue weighted by atomic mass is 10.1. The number of piperidine rings is 2. The van der Waals surface area contributed by atoms with Gasteiger partial charge in [0.2, 0.25) is 0 Å². The van der Waals surface area contributed by atoms with E-state index < -0.39 is 6.10 Å². The summed E-state index contributed by atoms with van der Waals surface area (Å²) in [5, 5.41) is 9.98. The Hall–Kier alpha value is -0.240. The Morgan fingerprint density at radius 2 is 1.16 bits per heavy atom. The number of aliphatic hydroxyl groups excluding tert-OH is 1. The fraction of sp³-hybridized carbons (Fsp3) is 1.00. The first-order chi connectivity index (χ1) is 12.3. The summed E-state index contributed by atoms with van der Waals surface area (Å²) >= 11 is 0. The molecule has 0 aromatic heterocycles. The number of β-amino-alcohol motifs (C(OH)–C–C–N with tert-alkyl or cyclic N) is 1. The maximum absolute atomic E-state index is 9.98. The predicted octanol–water partition coefficient (Wildman–Crippen LogP) is 1.37. The monoisotopic (exact) mass is 358 g/mol. The molecule has 0 aromatic rings. The molecule has 0 aliphatic carbocycles. The molecular formula is C19H38N2O4. The van der Waals surface area contributed by atoms with E-state index in [2.05, 4.69) is 9.80 Å². The van der Waals surface area contributed by atoms with Gasteiger partial charge in [0.25, 0.3) is 0 Å². The molecule has 2 saturated heterocycles. The van der Waals surface area contributed by atoms with Gasteiger partial charge in [0, 0.05) is 13.1 Å². The SMILES string of the molecule is O[C@@H](COCCOCCOCCN1CCCCC1)CN1CCCCC1. The van der Waals surface area contributed by atoms with E-state index in [1.165, 1.54) is 51.6 Å². The van der Waals surface area contributed by atoms with Crippen molar-refractivity contribution in [3.8, 4) is 0 Å². The van der Waals surface area contributed by atoms with Gasteiger partial charge in [-0.2, -0.15) is 0 Å². The van der Waals surface area contributed by atoms with Crippen LogP contribution in [0.3, 0.4) is 0 Å². The van der Waals surface area contributed by atoms with Crippen LogP contribution in [0.2, 0.25) is 0 Å². The summed E-state index contributed by atoms with van der Waals surface area (Å²) in [6.45, 7) is 9.97. The Bertz CT molecular complexity index is 308. The number of rotatable bonds is 13. The van der Waals surface area contributed by atoms with E-state index in [0.717, 1.165) is 32.8 Å². The van der Waals surface area contributed by atoms with E-state index >= 15 is 0 Å². The molecule has 2 fully saturated rings. The summed E-state index contributed by atoms with van der Waals surface area (Å²) in [4.78, 5) is 4.81. The third-order valence-corrected chi connectivity index (χ3v) is 4.97. The molecule has 25 heavy (non-hydrogen) atoms. The van der Waals surface area contributed by atoms with Crippen molar-refractivity contribution in [1.29, 1.82) is 0 Å². The highest BCUT2D eigenvalue weighted by molar-refractivity contribution is 4.68. The van der Waals surface area contributed by atoms with Crippen molar-refractivity contribution in [2.45, 2.75) is 44.6 Å². The van der Waals surface area contributed by atoms with Crippen LogP contribution < -0.4 is 0 Å². The lowest BCUT2D eigenvalue weighted by Crippen LogP contribution is -2.38. The van der Waals surface area contributed by atoms with Crippen molar-refractivity contribution in [1.82, 2.24) is 9.80 Å². The van der Waals surface area contributed by atoms with Crippen LogP contribution in [0, 0.1) is 0 Å². The lowest BCUT2D eigenvalue weighted by molar-refractivity contribution is -0.0198. The number of ether oxygens (including phenoxy) is 3. The maximum atomic E-state index is 9.98. The van der Waals surface area contributed by atoms with Crippen LogP contribution in [0.5, 0.6) is 0 Å². The van der Waals surface area contributed by atoms with E-state index in [0.29, 0.717) is 33.0 Å². The minimum Gasteiger partial charge on any atom is -0.389 e. The first kappa shape index (κ1) is 21.1. The fourth-order valence-electron chi connectivity index (χ4n) is 3.53. The Labute approximate surface area is 153 Å². The second-order valence-corrected chi connectivity index (χ2v) is 7.22. The van der Waals surface area contributed by atoms with Crippen molar-refractivity contribution < 1.29 is 19.3 Å². The van der Waals surface area contributed by atoms with Crippen molar-refractivity contribution in [2.75, 3.05) is 78.9 Å². The van der Waals surface area contributed by atoms with Gasteiger partial charge in [-0.25, -0.2) is 0 Å². The Kier molecular flexibility index (Phi) is 11.7. The predicted molar refractivity (Wildman–Crippen MR) is 99.0 cm³/mol. The second kappa shape index (κ2) is 13.9. The van der Waals surface area contributed by atoms with Crippen molar-refractivity contribution in [3.63, 3.8) is 0 Å². The molecule has 2 aliphatic heterocycles. The quantitative estimate of drug-likeness (QED) is 0.502. The highest BCUT2D eigenvalue weighted by Crippen LogP contribution is 2.09. The average molecular weight is 359 g/mol. The number of hydrogen-bond donors (Lipinski definition) is 1. The molecule has 2 rings (SSSR count). The molecule has 0 bridgehead atoms. The molecule has 1 atom stereocenters. The van der Waals surface area contributed by atoms with Gasteiger partial charge >= 0.3 is 0 Å². The smallest absolute Gasteiger partial charge is 0.0900 e. The standard InChI is InChI=1S/C19H38N2O4/c22-19(17-21-9-5-2-6-10-21)18-25-16-15-24-14-13-23-12-11-20-7-3-1-4-8-20/h19,22H,1-18H2/t19-/m1/s1. The van der Waals surface area contributed by atoms with E-state index in [9.17, 15) is 5.11 Å². The first-order valence-corrected chi connectivity index (χ1v) is 10.2. The number of aliphatic hydroxyl groups is 1. The number of hydrogen-bond acceptors (Lipinski definition) is 6. The minimum atomic E-state index is -0.392. The Morgan fingerprint density at radius 3 is 1.80 bits per heavy atom. The summed E-state index contributed by atoms with van der Waals surface area (Å²) in [5.74, 6) is 0. The van der Waals surface area contributed by atoms with Gasteiger partial charge in [-0.3, -0.25) is 0 Å². The Morgan fingerprint density at radius 1 is 0.640 bits per heavy atom. The van der Waals surface area contributed by atoms with Crippen LogP contribution in [-0.4, -0.2) is 99.9 Å². The second-order valence-electron chi connectivity index (χ2n) is 7.22. The normalized spacial score (nSPS) is 21.5. The summed E-state index contributed by atoms with van der Waals surface area (Å²) in [6.07, 6.45) is 7.47. The van der Waals surface area contributed by atoms with Gasteiger partial charge in [0.05, 0.1) is 45.7 Å². The van der Waals surface area contributed by atoms with Gasteiger partial charge in [-0.05, 0) is 51.9 Å². The Balaban J connectivity index is 1.30. The lowest BCUT2D eigenvalue weighted by Gasteiger charge is -2.28. The third-order valence-electron chi connectivity index (χ3n) is 4.97. The summed E-state index contributed by atoms with van der Waals surface area (Å²) in [7, 11) is 0. The summed E-state index contributed by atoms with van der Waals surface area (Å²) in [6, 6.07) is 0. The third kappa shape index (κ3) is 10.5. The molecular weight excluding hydrogens is 320 g/mol. The largest absolute Gasteiger partial charge is 0.389 e. The van der Waals surface area contributed by atoms with Gasteiger partial charge in [0.15, 0.2) is 0 Å². The van der Waals surface area contributed by atoms with E-state index in [-0.39, 0.29) is 0 Å². The van der Waals surface area contributed by atoms with Crippen molar-refractivity contribution in [2.24, 2.45) is 0 Å². The molecule has 0 spiro atoms. The number of nitrogens with zero attached hydrogens (tertiary/aromatic N) is 2. The minimum absolute atomic E-state index is 0.392. The van der Waals surface area contributed by atoms with E-state index in [1.807, 2.05) is 0 Å². The molecule has 0 amide bonds. The van der Waals surface area contributed by atoms with Crippen molar-refractivity contribution in [3.05, 3.63) is 0 Å². The zero-order chi connectivity index (χ0) is 17.6. The molecule has 0 unspecified atom stereocenters. The maximum Gasteiger partial charge on any atom is 0.0900 e. The van der Waals surface area contributed by atoms with E-state index in [4.69, 9.17) is 14.2 Å². The molecule has 0 aromatic carbocycles. The molecule has 0 saturated carbocycles. The molecule has 148 valence electrons. The van der Waals surface area contributed by atoms with Crippen LogP contribution in [0.1, 0.15) is 38.5 Å². The molecule has 1 N–H and O–H groups in total. The number of likely N-dealkylation sites (tertiary alicyclic amines) is 2. The molecule has 0 radical (unpaired) electrons. The average Bonchev–Trinajstić information content (AvgIpc) is 2.65. The van der Waals surface area contributed by atoms with Gasteiger partial charge in [-0.15, -0.1) is 0 Å². The van der Waals surface area contributed by atoms with Gasteiger partial charge < -0.3 is 29.1 Å². The van der Waals surface area contributed by atoms with Crippen molar-refractivity contribution >= 4 is 0 Å². The zero-order valence-corrected chi connectivity index (χ0v) is 15.9. The van der Waals surface area contributed by atoms with Crippen LogP contribution in [0.4, 0.5) is 0 Å². The van der Waals surface area contributed by atoms with Gasteiger partial charge in [-0.1, -0.05) is 12.8 Å². The molecule has 2 heterocycles. The molecule has 2 aliphatic rings. The highest BCUT2D eigenvalue weighted by atomic mass is 16.5.